The summed E-state index contributed by atoms with van der Waals surface area (Å²) < 4.78 is 37.3. The Morgan fingerprint density at radius 3 is 2.72 bits per heavy atom. The van der Waals surface area contributed by atoms with E-state index in [0.717, 1.165) is 36.3 Å². The van der Waals surface area contributed by atoms with E-state index in [0.29, 0.717) is 5.92 Å². The summed E-state index contributed by atoms with van der Waals surface area (Å²) in [5.74, 6) is -0.698. The highest BCUT2D eigenvalue weighted by molar-refractivity contribution is 5.93. The minimum atomic E-state index is -4.44. The summed E-state index contributed by atoms with van der Waals surface area (Å²) in [6, 6.07) is 1.08. The molecule has 1 aromatic rings. The highest BCUT2D eigenvalue weighted by Crippen LogP contribution is 2.31. The molecule has 2 N–H and O–H groups in total. The van der Waals surface area contributed by atoms with Crippen LogP contribution in [0.4, 0.5) is 13.2 Å². The number of likely N-dealkylation sites (tertiary alicyclic amines) is 1. The van der Waals surface area contributed by atoms with Crippen LogP contribution >= 0.6 is 0 Å². The van der Waals surface area contributed by atoms with Crippen LogP contribution in [0.25, 0.3) is 0 Å². The molecule has 3 rings (SSSR count). The quantitative estimate of drug-likeness (QED) is 0.867. The van der Waals surface area contributed by atoms with Gasteiger partial charge in [0.05, 0.1) is 6.04 Å². The number of rotatable bonds is 4. The Hall–Kier alpha value is -2.06. The van der Waals surface area contributed by atoms with Crippen LogP contribution in [0.3, 0.4) is 0 Å². The predicted octanol–water partition coefficient (Wildman–Crippen LogP) is 2.35. The Morgan fingerprint density at radius 2 is 2.04 bits per heavy atom. The molecule has 1 aliphatic heterocycles. The second kappa shape index (κ2) is 7.05. The van der Waals surface area contributed by atoms with Crippen LogP contribution in [0, 0.1) is 0 Å². The van der Waals surface area contributed by atoms with E-state index in [1.54, 1.807) is 6.07 Å². The Morgan fingerprint density at radius 1 is 1.32 bits per heavy atom. The number of H-pyrrole nitrogens is 1. The number of hydrogen-bond donors (Lipinski definition) is 2. The second-order valence-electron chi connectivity index (χ2n) is 6.81. The molecule has 6 nitrogen and oxygen atoms in total. The topological polar surface area (TPSA) is 78.1 Å². The van der Waals surface area contributed by atoms with Gasteiger partial charge >= 0.3 is 6.18 Å². The van der Waals surface area contributed by atoms with Crippen LogP contribution in [-0.4, -0.2) is 52.2 Å². The smallest absolute Gasteiger partial charge is 0.346 e. The minimum Gasteiger partial charge on any atom is -0.346 e. The third-order valence-electron chi connectivity index (χ3n) is 4.80. The van der Waals surface area contributed by atoms with Gasteiger partial charge in [0.1, 0.15) is 12.2 Å². The number of hydrogen-bond acceptors (Lipinski definition) is 3. The number of aromatic nitrogens is 2. The van der Waals surface area contributed by atoms with Gasteiger partial charge in [-0.1, -0.05) is 19.3 Å². The third kappa shape index (κ3) is 4.52. The number of halogens is 3. The molecular formula is C16H21F3N4O2. The number of carbonyl (C=O) groups is 2. The molecule has 138 valence electrons. The van der Waals surface area contributed by atoms with Gasteiger partial charge in [-0.05, 0) is 18.9 Å². The predicted molar refractivity (Wildman–Crippen MR) is 82.9 cm³/mol. The van der Waals surface area contributed by atoms with Crippen molar-refractivity contribution >= 4 is 11.8 Å². The monoisotopic (exact) mass is 358 g/mol. The number of alkyl halides is 3. The van der Waals surface area contributed by atoms with Crippen LogP contribution in [0.1, 0.15) is 60.6 Å². The van der Waals surface area contributed by atoms with Crippen molar-refractivity contribution in [1.82, 2.24) is 20.4 Å². The molecule has 1 aromatic heterocycles. The van der Waals surface area contributed by atoms with Crippen LogP contribution in [0.5, 0.6) is 0 Å². The van der Waals surface area contributed by atoms with Crippen molar-refractivity contribution in [2.75, 3.05) is 13.1 Å². The molecule has 0 bridgehead atoms. The Labute approximate surface area is 143 Å². The van der Waals surface area contributed by atoms with Gasteiger partial charge in [-0.15, -0.1) is 0 Å². The molecule has 1 atom stereocenters. The molecule has 2 aliphatic rings. The van der Waals surface area contributed by atoms with Crippen molar-refractivity contribution < 1.29 is 22.8 Å². The van der Waals surface area contributed by atoms with Gasteiger partial charge in [0.25, 0.3) is 5.91 Å². The van der Waals surface area contributed by atoms with Crippen LogP contribution < -0.4 is 5.32 Å². The molecule has 1 aliphatic carbocycles. The molecule has 2 amide bonds. The van der Waals surface area contributed by atoms with E-state index in [1.807, 2.05) is 0 Å². The molecule has 1 saturated carbocycles. The molecule has 0 radical (unpaired) electrons. The molecule has 0 spiro atoms. The molecule has 25 heavy (non-hydrogen) atoms. The van der Waals surface area contributed by atoms with Crippen molar-refractivity contribution in [3.8, 4) is 0 Å². The van der Waals surface area contributed by atoms with Crippen molar-refractivity contribution in [2.24, 2.45) is 0 Å². The number of carbonyl (C=O) groups excluding carboxylic acids is 2. The maximum Gasteiger partial charge on any atom is 0.406 e. The maximum atomic E-state index is 12.4. The van der Waals surface area contributed by atoms with E-state index in [-0.39, 0.29) is 18.7 Å². The first-order chi connectivity index (χ1) is 11.8. The standard InChI is InChI=1S/C16H21F3N4O2/c17-16(18,19)9-23-8-11(6-14(23)24)20-15(25)13-7-12(21-22-13)10-4-2-1-3-5-10/h7,10-11H,1-6,8-9H2,(H,20,25)(H,21,22). The number of amides is 2. The summed E-state index contributed by atoms with van der Waals surface area (Å²) in [4.78, 5) is 24.6. The summed E-state index contributed by atoms with van der Waals surface area (Å²) >= 11 is 0. The molecule has 1 unspecified atom stereocenters. The van der Waals surface area contributed by atoms with Gasteiger partial charge < -0.3 is 10.2 Å². The lowest BCUT2D eigenvalue weighted by molar-refractivity contribution is -0.157. The van der Waals surface area contributed by atoms with E-state index in [4.69, 9.17) is 0 Å². The van der Waals surface area contributed by atoms with Crippen LogP contribution in [-0.2, 0) is 4.79 Å². The zero-order chi connectivity index (χ0) is 18.0. The van der Waals surface area contributed by atoms with Crippen LogP contribution in [0.2, 0.25) is 0 Å². The van der Waals surface area contributed by atoms with Gasteiger partial charge in [-0.3, -0.25) is 14.7 Å². The van der Waals surface area contributed by atoms with Crippen molar-refractivity contribution in [2.45, 2.75) is 56.7 Å². The normalized spacial score (nSPS) is 22.4. The van der Waals surface area contributed by atoms with E-state index >= 15 is 0 Å². The summed E-state index contributed by atoms with van der Waals surface area (Å²) in [6.45, 7) is -1.42. The van der Waals surface area contributed by atoms with Crippen molar-refractivity contribution in [1.29, 1.82) is 0 Å². The number of nitrogens with one attached hydrogen (secondary N) is 2. The lowest BCUT2D eigenvalue weighted by Crippen LogP contribution is -2.39. The fourth-order valence-corrected chi connectivity index (χ4v) is 3.57. The third-order valence-corrected chi connectivity index (χ3v) is 4.80. The summed E-state index contributed by atoms with van der Waals surface area (Å²) in [7, 11) is 0. The molecule has 2 heterocycles. The van der Waals surface area contributed by atoms with E-state index in [1.165, 1.54) is 6.42 Å². The van der Waals surface area contributed by atoms with Gasteiger partial charge in [-0.2, -0.15) is 18.3 Å². The fourth-order valence-electron chi connectivity index (χ4n) is 3.57. The summed E-state index contributed by atoms with van der Waals surface area (Å²) in [5.41, 5.74) is 1.13. The van der Waals surface area contributed by atoms with E-state index in [2.05, 4.69) is 15.5 Å². The Bertz CT molecular complexity index is 638. The molecule has 1 saturated heterocycles. The summed E-state index contributed by atoms with van der Waals surface area (Å²) in [5, 5.41) is 9.51. The van der Waals surface area contributed by atoms with Gasteiger partial charge in [0.2, 0.25) is 5.91 Å². The van der Waals surface area contributed by atoms with Crippen molar-refractivity contribution in [3.05, 3.63) is 17.5 Å². The number of nitrogens with zero attached hydrogens (tertiary/aromatic N) is 2. The first-order valence-corrected chi connectivity index (χ1v) is 8.52. The average molecular weight is 358 g/mol. The molecular weight excluding hydrogens is 337 g/mol. The first-order valence-electron chi connectivity index (χ1n) is 8.52. The zero-order valence-corrected chi connectivity index (χ0v) is 13.7. The van der Waals surface area contributed by atoms with Gasteiger partial charge in [0, 0.05) is 24.6 Å². The van der Waals surface area contributed by atoms with E-state index in [9.17, 15) is 22.8 Å². The fraction of sp³-hybridized carbons (Fsp3) is 0.688. The minimum absolute atomic E-state index is 0.123. The highest BCUT2D eigenvalue weighted by atomic mass is 19.4. The van der Waals surface area contributed by atoms with Crippen molar-refractivity contribution in [3.63, 3.8) is 0 Å². The summed E-state index contributed by atoms with van der Waals surface area (Å²) in [6.07, 6.45) is 1.10. The second-order valence-corrected chi connectivity index (χ2v) is 6.81. The Kier molecular flexibility index (Phi) is 5.01. The van der Waals surface area contributed by atoms with Gasteiger partial charge in [-0.25, -0.2) is 0 Å². The highest BCUT2D eigenvalue weighted by Gasteiger charge is 2.38. The molecule has 9 heteroatoms. The first kappa shape index (κ1) is 17.8. The SMILES string of the molecule is O=C(NC1CC(=O)N(CC(F)(F)F)C1)c1cc(C2CCCCC2)[nH]n1. The number of aromatic amines is 1. The lowest BCUT2D eigenvalue weighted by Gasteiger charge is -2.19. The average Bonchev–Trinajstić information content (AvgIpc) is 3.15. The Balaban J connectivity index is 1.56. The lowest BCUT2D eigenvalue weighted by atomic mass is 9.87. The molecule has 2 fully saturated rings. The van der Waals surface area contributed by atoms with Gasteiger partial charge in [0.15, 0.2) is 0 Å². The largest absolute Gasteiger partial charge is 0.406 e. The van der Waals surface area contributed by atoms with Crippen LogP contribution in [0.15, 0.2) is 6.07 Å². The van der Waals surface area contributed by atoms with E-state index < -0.39 is 30.6 Å². The zero-order valence-electron chi connectivity index (χ0n) is 13.7. The maximum absolute atomic E-state index is 12.4. The molecule has 0 aromatic carbocycles.